The molecule has 1 aromatic heterocycles. The molecule has 1 aliphatic rings. The van der Waals surface area contributed by atoms with Crippen molar-refractivity contribution >= 4 is 11.7 Å². The number of ketones is 1. The largest absolute Gasteiger partial charge is 0.467 e. The highest BCUT2D eigenvalue weighted by Crippen LogP contribution is 2.22. The Morgan fingerprint density at radius 2 is 2.20 bits per heavy atom. The number of nitrogens with zero attached hydrogens (tertiary/aromatic N) is 1. The van der Waals surface area contributed by atoms with Gasteiger partial charge in [-0.3, -0.25) is 14.6 Å². The maximum Gasteiger partial charge on any atom is 0.306 e. The molecule has 2 heterocycles. The van der Waals surface area contributed by atoms with Crippen LogP contribution < -0.4 is 5.43 Å². The molecule has 2 rings (SSSR count). The summed E-state index contributed by atoms with van der Waals surface area (Å²) in [5, 5.41) is 1.33. The predicted molar refractivity (Wildman–Crippen MR) is 51.6 cm³/mol. The Balaban J connectivity index is 2.25. The second-order valence-corrected chi connectivity index (χ2v) is 3.71. The number of furan rings is 1. The van der Waals surface area contributed by atoms with Crippen LogP contribution in [0.15, 0.2) is 22.8 Å². The Kier molecular flexibility index (Phi) is 2.32. The highest BCUT2D eigenvalue weighted by atomic mass is 16.3. The van der Waals surface area contributed by atoms with Crippen LogP contribution in [-0.2, 0) is 9.59 Å². The van der Waals surface area contributed by atoms with E-state index in [9.17, 15) is 9.59 Å². The van der Waals surface area contributed by atoms with Gasteiger partial charge in [-0.05, 0) is 26.0 Å². The lowest BCUT2D eigenvalue weighted by Gasteiger charge is -2.19. The van der Waals surface area contributed by atoms with Gasteiger partial charge in [0.2, 0.25) is 5.78 Å². The first kappa shape index (κ1) is 9.92. The van der Waals surface area contributed by atoms with Crippen molar-refractivity contribution in [2.75, 3.05) is 0 Å². The van der Waals surface area contributed by atoms with Crippen molar-refractivity contribution in [3.05, 3.63) is 24.2 Å². The van der Waals surface area contributed by atoms with Crippen LogP contribution in [0, 0.1) is 0 Å². The fraction of sp³-hybridized carbons (Fsp3) is 0.400. The molecule has 0 aromatic carbocycles. The first-order chi connectivity index (χ1) is 7.11. The van der Waals surface area contributed by atoms with E-state index in [0.717, 1.165) is 0 Å². The van der Waals surface area contributed by atoms with Crippen LogP contribution in [0.3, 0.4) is 0 Å². The molecule has 5 nitrogen and oxygen atoms in total. The lowest BCUT2D eigenvalue weighted by Crippen LogP contribution is -2.40. The number of hydrazine groups is 1. The van der Waals surface area contributed by atoms with E-state index in [1.165, 1.54) is 11.3 Å². The molecule has 0 aliphatic carbocycles. The Morgan fingerprint density at radius 3 is 2.67 bits per heavy atom. The fourth-order valence-electron chi connectivity index (χ4n) is 1.53. The number of carbonyl (C=O) groups excluding carboxylic acids is 2. The molecular formula is C10H12N2O3. The number of hydrogen-bond donors (Lipinski definition) is 1. The van der Waals surface area contributed by atoms with Crippen molar-refractivity contribution in [2.45, 2.75) is 25.9 Å². The SMILES string of the molecule is CC(C)N1NC(c2ccco2)C(=O)C1=O. The minimum Gasteiger partial charge on any atom is -0.467 e. The molecule has 80 valence electrons. The molecule has 1 atom stereocenters. The molecule has 1 N–H and O–H groups in total. The first-order valence-corrected chi connectivity index (χ1v) is 4.78. The number of carbonyl (C=O) groups is 2. The van der Waals surface area contributed by atoms with Crippen molar-refractivity contribution in [1.29, 1.82) is 0 Å². The first-order valence-electron chi connectivity index (χ1n) is 4.78. The van der Waals surface area contributed by atoms with Crippen LogP contribution in [0.4, 0.5) is 0 Å². The van der Waals surface area contributed by atoms with Crippen molar-refractivity contribution in [2.24, 2.45) is 0 Å². The predicted octanol–water partition coefficient (Wildman–Crippen LogP) is 0.645. The zero-order chi connectivity index (χ0) is 11.0. The van der Waals surface area contributed by atoms with E-state index in [0.29, 0.717) is 5.76 Å². The third kappa shape index (κ3) is 1.55. The third-order valence-electron chi connectivity index (χ3n) is 2.30. The third-order valence-corrected chi connectivity index (χ3v) is 2.30. The summed E-state index contributed by atoms with van der Waals surface area (Å²) in [7, 11) is 0. The molecule has 0 bridgehead atoms. The maximum atomic E-state index is 11.6. The van der Waals surface area contributed by atoms with Gasteiger partial charge in [0, 0.05) is 6.04 Å². The van der Waals surface area contributed by atoms with Gasteiger partial charge < -0.3 is 4.42 Å². The van der Waals surface area contributed by atoms with Crippen LogP contribution in [0.1, 0.15) is 25.6 Å². The number of rotatable bonds is 2. The Hall–Kier alpha value is -1.62. The van der Waals surface area contributed by atoms with E-state index >= 15 is 0 Å². The van der Waals surface area contributed by atoms with Crippen molar-refractivity contribution in [3.8, 4) is 0 Å². The molecule has 0 saturated carbocycles. The molecule has 15 heavy (non-hydrogen) atoms. The van der Waals surface area contributed by atoms with Gasteiger partial charge in [-0.1, -0.05) is 0 Å². The summed E-state index contributed by atoms with van der Waals surface area (Å²) in [5.41, 5.74) is 2.83. The average Bonchev–Trinajstić information content (AvgIpc) is 2.77. The zero-order valence-electron chi connectivity index (χ0n) is 8.56. The average molecular weight is 208 g/mol. The summed E-state index contributed by atoms with van der Waals surface area (Å²) in [6.07, 6.45) is 1.48. The Labute approximate surface area is 87.0 Å². The van der Waals surface area contributed by atoms with Crippen LogP contribution in [0.5, 0.6) is 0 Å². The molecule has 1 unspecified atom stereocenters. The summed E-state index contributed by atoms with van der Waals surface area (Å²) < 4.78 is 5.10. The normalized spacial score (nSPS) is 21.8. The quantitative estimate of drug-likeness (QED) is 0.725. The van der Waals surface area contributed by atoms with Gasteiger partial charge in [0.1, 0.15) is 5.76 Å². The molecule has 5 heteroatoms. The minimum atomic E-state index is -0.671. The standard InChI is InChI=1S/C10H12N2O3/c1-6(2)12-10(14)9(13)8(11-12)7-4-3-5-15-7/h3-6,8,11H,1-2H3. The highest BCUT2D eigenvalue weighted by molar-refractivity contribution is 6.39. The highest BCUT2D eigenvalue weighted by Gasteiger charge is 2.41. The lowest BCUT2D eigenvalue weighted by atomic mass is 10.1. The number of amides is 1. The Morgan fingerprint density at radius 1 is 1.47 bits per heavy atom. The zero-order valence-corrected chi connectivity index (χ0v) is 8.56. The number of nitrogens with one attached hydrogen (secondary N) is 1. The van der Waals surface area contributed by atoms with Crippen molar-refractivity contribution in [3.63, 3.8) is 0 Å². The maximum absolute atomic E-state index is 11.6. The summed E-state index contributed by atoms with van der Waals surface area (Å²) in [5.74, 6) is -0.512. The molecule has 1 aromatic rings. The van der Waals surface area contributed by atoms with E-state index < -0.39 is 17.7 Å². The van der Waals surface area contributed by atoms with Crippen molar-refractivity contribution < 1.29 is 14.0 Å². The number of Topliss-reactive ketones (excluding diaryl/α,β-unsaturated/α-hetero) is 1. The van der Waals surface area contributed by atoms with Crippen LogP contribution in [0.2, 0.25) is 0 Å². The molecule has 0 radical (unpaired) electrons. The van der Waals surface area contributed by atoms with Crippen LogP contribution >= 0.6 is 0 Å². The van der Waals surface area contributed by atoms with E-state index in [2.05, 4.69) is 5.43 Å². The minimum absolute atomic E-state index is 0.0542. The smallest absolute Gasteiger partial charge is 0.306 e. The van der Waals surface area contributed by atoms with E-state index in [1.807, 2.05) is 13.8 Å². The lowest BCUT2D eigenvalue weighted by molar-refractivity contribution is -0.141. The van der Waals surface area contributed by atoms with Gasteiger partial charge in [-0.25, -0.2) is 5.43 Å². The summed E-state index contributed by atoms with van der Waals surface area (Å²) in [4.78, 5) is 23.1. The van der Waals surface area contributed by atoms with E-state index in [1.54, 1.807) is 12.1 Å². The summed E-state index contributed by atoms with van der Waals surface area (Å²) in [6, 6.07) is 2.63. The Bertz CT molecular complexity index is 383. The molecule has 0 spiro atoms. The van der Waals surface area contributed by atoms with Crippen molar-refractivity contribution in [1.82, 2.24) is 10.4 Å². The molecule has 1 fully saturated rings. The molecule has 1 aliphatic heterocycles. The second kappa shape index (κ2) is 3.51. The van der Waals surface area contributed by atoms with E-state index in [-0.39, 0.29) is 6.04 Å². The monoisotopic (exact) mass is 208 g/mol. The van der Waals surface area contributed by atoms with Gasteiger partial charge in [0.05, 0.1) is 6.26 Å². The summed E-state index contributed by atoms with van der Waals surface area (Å²) >= 11 is 0. The van der Waals surface area contributed by atoms with Gasteiger partial charge in [-0.15, -0.1) is 0 Å². The summed E-state index contributed by atoms with van der Waals surface area (Å²) in [6.45, 7) is 3.67. The van der Waals surface area contributed by atoms with E-state index in [4.69, 9.17) is 4.42 Å². The number of hydrogen-bond acceptors (Lipinski definition) is 4. The molecule has 1 amide bonds. The van der Waals surface area contributed by atoms with Crippen LogP contribution in [0.25, 0.3) is 0 Å². The van der Waals surface area contributed by atoms with Gasteiger partial charge in [0.25, 0.3) is 0 Å². The topological polar surface area (TPSA) is 62.6 Å². The fourth-order valence-corrected chi connectivity index (χ4v) is 1.53. The molecule has 1 saturated heterocycles. The second-order valence-electron chi connectivity index (χ2n) is 3.71. The van der Waals surface area contributed by atoms with Crippen LogP contribution in [-0.4, -0.2) is 22.7 Å². The molecular weight excluding hydrogens is 196 g/mol. The van der Waals surface area contributed by atoms with Gasteiger partial charge >= 0.3 is 5.91 Å². The van der Waals surface area contributed by atoms with Gasteiger partial charge in [0.15, 0.2) is 6.04 Å². The van der Waals surface area contributed by atoms with Gasteiger partial charge in [-0.2, -0.15) is 0 Å².